The molecule has 0 aliphatic carbocycles. The molecule has 0 fully saturated rings. The highest BCUT2D eigenvalue weighted by molar-refractivity contribution is 5.78. The number of hydrogen-bond donors (Lipinski definition) is 2. The summed E-state index contributed by atoms with van der Waals surface area (Å²) in [5.41, 5.74) is 1.46. The van der Waals surface area contributed by atoms with Crippen LogP contribution in [0.25, 0.3) is 22.9 Å². The number of anilines is 1. The molecule has 0 saturated heterocycles. The van der Waals surface area contributed by atoms with E-state index in [1.807, 2.05) is 0 Å². The number of alkyl halides is 3. The Morgan fingerprint density at radius 1 is 1.37 bits per heavy atom. The lowest BCUT2D eigenvalue weighted by atomic mass is 10.1. The summed E-state index contributed by atoms with van der Waals surface area (Å²) < 4.78 is 46.7. The van der Waals surface area contributed by atoms with Crippen LogP contribution in [0.15, 0.2) is 30.7 Å². The first-order valence-corrected chi connectivity index (χ1v) is 9.00. The Labute approximate surface area is 168 Å². The number of aromatic nitrogens is 5. The molecule has 3 aromatic rings. The normalized spacial score (nSPS) is 14.3. The monoisotopic (exact) mass is 422 g/mol. The molecule has 2 N–H and O–H groups in total. The zero-order chi connectivity index (χ0) is 21.5. The van der Waals surface area contributed by atoms with Crippen LogP contribution in [0.2, 0.25) is 0 Å². The van der Waals surface area contributed by atoms with E-state index in [9.17, 15) is 18.0 Å². The van der Waals surface area contributed by atoms with Gasteiger partial charge in [-0.2, -0.15) is 18.3 Å². The Balaban J connectivity index is 1.69. The molecule has 3 heterocycles. The van der Waals surface area contributed by atoms with Crippen LogP contribution in [0, 0.1) is 0 Å². The van der Waals surface area contributed by atoms with Gasteiger partial charge in [0.05, 0.1) is 12.1 Å². The Morgan fingerprint density at radius 2 is 2.17 bits per heavy atom. The van der Waals surface area contributed by atoms with Gasteiger partial charge in [0, 0.05) is 18.0 Å². The Morgan fingerprint density at radius 3 is 2.90 bits per heavy atom. The molecule has 12 heteroatoms. The van der Waals surface area contributed by atoms with Gasteiger partial charge >= 0.3 is 12.1 Å². The molecule has 9 nitrogen and oxygen atoms in total. The van der Waals surface area contributed by atoms with E-state index in [1.54, 1.807) is 29.0 Å². The van der Waals surface area contributed by atoms with E-state index < -0.39 is 24.7 Å². The quantitative estimate of drug-likeness (QED) is 0.651. The number of hydrogen-bond acceptors (Lipinski definition) is 6. The summed E-state index contributed by atoms with van der Waals surface area (Å²) in [7, 11) is 0. The fourth-order valence-corrected chi connectivity index (χ4v) is 3.14. The molecule has 0 bridgehead atoms. The van der Waals surface area contributed by atoms with Gasteiger partial charge in [0.2, 0.25) is 0 Å². The highest BCUT2D eigenvalue weighted by atomic mass is 19.4. The number of aliphatic carboxylic acids is 1. The van der Waals surface area contributed by atoms with E-state index in [-0.39, 0.29) is 11.5 Å². The topological polar surface area (TPSA) is 107 Å². The molecule has 2 aromatic heterocycles. The van der Waals surface area contributed by atoms with E-state index in [0.29, 0.717) is 36.0 Å². The molecule has 1 aromatic carbocycles. The molecule has 1 atom stereocenters. The fraction of sp³-hybridized carbons (Fsp3) is 0.333. The Kier molecular flexibility index (Phi) is 4.84. The van der Waals surface area contributed by atoms with Crippen LogP contribution in [0.1, 0.15) is 6.92 Å². The van der Waals surface area contributed by atoms with Crippen molar-refractivity contribution in [2.45, 2.75) is 32.2 Å². The zero-order valence-electron chi connectivity index (χ0n) is 15.7. The van der Waals surface area contributed by atoms with E-state index >= 15 is 0 Å². The van der Waals surface area contributed by atoms with Crippen LogP contribution in [0.4, 0.5) is 18.9 Å². The summed E-state index contributed by atoms with van der Waals surface area (Å²) in [6.07, 6.45) is -1.76. The van der Waals surface area contributed by atoms with Gasteiger partial charge in [0.15, 0.2) is 5.82 Å². The summed E-state index contributed by atoms with van der Waals surface area (Å²) in [6, 6.07) is 4.30. The van der Waals surface area contributed by atoms with Crippen molar-refractivity contribution in [3.63, 3.8) is 0 Å². The lowest BCUT2D eigenvalue weighted by Gasteiger charge is -2.13. The maximum atomic E-state index is 12.8. The number of ether oxygens (including phenoxy) is 1. The summed E-state index contributed by atoms with van der Waals surface area (Å²) in [4.78, 5) is 19.5. The van der Waals surface area contributed by atoms with Crippen LogP contribution in [0.3, 0.4) is 0 Å². The number of fused-ring (bicyclic) bond motifs is 3. The molecule has 0 saturated carbocycles. The van der Waals surface area contributed by atoms with Crippen molar-refractivity contribution in [2.75, 3.05) is 11.9 Å². The van der Waals surface area contributed by atoms with Crippen molar-refractivity contribution < 1.29 is 27.8 Å². The maximum Gasteiger partial charge on any atom is 0.408 e. The smallest absolute Gasteiger partial charge is 0.408 e. The minimum atomic E-state index is -4.43. The molecule has 30 heavy (non-hydrogen) atoms. The average Bonchev–Trinajstić information content (AvgIpc) is 3.23. The molecule has 1 aliphatic heterocycles. The second-order valence-corrected chi connectivity index (χ2v) is 6.76. The summed E-state index contributed by atoms with van der Waals surface area (Å²) in [5.74, 6) is 0.0279. The van der Waals surface area contributed by atoms with Gasteiger partial charge in [0.25, 0.3) is 0 Å². The fourth-order valence-electron chi connectivity index (χ4n) is 3.14. The van der Waals surface area contributed by atoms with Gasteiger partial charge in [-0.3, -0.25) is 4.79 Å². The number of rotatable bonds is 5. The van der Waals surface area contributed by atoms with Gasteiger partial charge in [-0.05, 0) is 19.1 Å². The van der Waals surface area contributed by atoms with Crippen molar-refractivity contribution in [2.24, 2.45) is 0 Å². The van der Waals surface area contributed by atoms with Gasteiger partial charge in [0.1, 0.15) is 42.8 Å². The maximum absolute atomic E-state index is 12.8. The highest BCUT2D eigenvalue weighted by Crippen LogP contribution is 2.35. The molecule has 158 valence electrons. The van der Waals surface area contributed by atoms with Crippen LogP contribution in [0.5, 0.6) is 5.75 Å². The van der Waals surface area contributed by atoms with Crippen molar-refractivity contribution in [1.29, 1.82) is 0 Å². The number of halogens is 3. The minimum Gasteiger partial charge on any atom is -0.491 e. The molecule has 0 unspecified atom stereocenters. The number of carboxylic acids is 1. The van der Waals surface area contributed by atoms with Gasteiger partial charge in [-0.25, -0.2) is 14.6 Å². The highest BCUT2D eigenvalue weighted by Gasteiger charge is 2.31. The van der Waals surface area contributed by atoms with E-state index in [1.165, 1.54) is 6.92 Å². The average molecular weight is 422 g/mol. The Bertz CT molecular complexity index is 1090. The predicted octanol–water partition coefficient (Wildman–Crippen LogP) is 2.65. The summed E-state index contributed by atoms with van der Waals surface area (Å²) in [5, 5.41) is 15.6. The lowest BCUT2D eigenvalue weighted by molar-refractivity contribution is -0.142. The molecule has 4 rings (SSSR count). The number of benzene rings is 1. The number of carboxylic acid groups (broad SMARTS) is 1. The zero-order valence-corrected chi connectivity index (χ0v) is 15.7. The van der Waals surface area contributed by atoms with Crippen LogP contribution in [-0.2, 0) is 17.9 Å². The number of nitrogens with one attached hydrogen (secondary N) is 1. The first kappa shape index (κ1) is 19.7. The van der Waals surface area contributed by atoms with Crippen molar-refractivity contribution in [3.05, 3.63) is 30.7 Å². The third-order valence-corrected chi connectivity index (χ3v) is 4.52. The molecule has 1 aliphatic rings. The molecular formula is C18H17F3N6O3. The van der Waals surface area contributed by atoms with E-state index in [2.05, 4.69) is 20.4 Å². The number of carbonyl (C=O) groups is 1. The van der Waals surface area contributed by atoms with Crippen molar-refractivity contribution in [1.82, 2.24) is 24.3 Å². The van der Waals surface area contributed by atoms with E-state index in [4.69, 9.17) is 9.84 Å². The Hall–Kier alpha value is -3.57. The summed E-state index contributed by atoms with van der Waals surface area (Å²) in [6.45, 7) is 0.994. The summed E-state index contributed by atoms with van der Waals surface area (Å²) >= 11 is 0. The van der Waals surface area contributed by atoms with Gasteiger partial charge < -0.3 is 19.7 Å². The number of nitrogens with zero attached hydrogens (tertiary/aromatic N) is 5. The van der Waals surface area contributed by atoms with E-state index in [0.717, 1.165) is 11.0 Å². The van der Waals surface area contributed by atoms with Crippen molar-refractivity contribution in [3.8, 4) is 28.7 Å². The second kappa shape index (κ2) is 7.35. The SMILES string of the molecule is C[C@H](Nc1ccc2c(c1)OCCn1cc(-c3ncnn3CC(F)(F)F)nc1-2)C(=O)O. The minimum absolute atomic E-state index is 0.0175. The van der Waals surface area contributed by atoms with Crippen molar-refractivity contribution >= 4 is 11.7 Å². The largest absolute Gasteiger partial charge is 0.491 e. The van der Waals surface area contributed by atoms with Gasteiger partial charge in [-0.15, -0.1) is 0 Å². The standard InChI is InChI=1S/C18H17F3N6O3/c1-10(17(28)29)24-11-2-3-12-14(6-11)30-5-4-26-7-13(25-15(12)26)16-22-9-23-27(16)8-18(19,20)21/h2-3,6-7,9-10,24H,4-5,8H2,1H3,(H,28,29)/t10-/m0/s1. The second-order valence-electron chi connectivity index (χ2n) is 6.76. The van der Waals surface area contributed by atoms with Gasteiger partial charge in [-0.1, -0.05) is 0 Å². The first-order chi connectivity index (χ1) is 14.2. The molecule has 0 spiro atoms. The molecule has 0 radical (unpaired) electrons. The first-order valence-electron chi connectivity index (χ1n) is 9.00. The van der Waals surface area contributed by atoms with Crippen LogP contribution in [-0.4, -0.2) is 54.2 Å². The number of imidazole rings is 1. The third-order valence-electron chi connectivity index (χ3n) is 4.52. The molecule has 0 amide bonds. The third kappa shape index (κ3) is 3.93. The van der Waals surface area contributed by atoms with Crippen LogP contribution >= 0.6 is 0 Å². The van der Waals surface area contributed by atoms with Crippen LogP contribution < -0.4 is 10.1 Å². The predicted molar refractivity (Wildman–Crippen MR) is 98.9 cm³/mol. The molecular weight excluding hydrogens is 405 g/mol. The lowest BCUT2D eigenvalue weighted by Crippen LogP contribution is -2.25.